The Kier molecular flexibility index (Phi) is 4.59. The number of rotatable bonds is 6. The summed E-state index contributed by atoms with van der Waals surface area (Å²) >= 11 is 0. The Labute approximate surface area is 119 Å². The molecule has 0 saturated carbocycles. The maximum absolute atomic E-state index is 11.4. The molecule has 112 valence electrons. The van der Waals surface area contributed by atoms with Crippen molar-refractivity contribution in [2.24, 2.45) is 13.0 Å². The minimum atomic E-state index is -0.279. The third-order valence-corrected chi connectivity index (χ3v) is 3.81. The molecular weight excluding hydrogens is 258 g/mol. The molecule has 1 saturated heterocycles. The van der Waals surface area contributed by atoms with E-state index in [1.54, 1.807) is 11.7 Å². The molecule has 1 N–H and O–H groups in total. The van der Waals surface area contributed by atoms with Gasteiger partial charge in [-0.3, -0.25) is 10.1 Å². The molecule has 1 aromatic rings. The molecule has 7 heteroatoms. The van der Waals surface area contributed by atoms with Crippen molar-refractivity contribution in [1.82, 2.24) is 15.1 Å². The van der Waals surface area contributed by atoms with E-state index in [-0.39, 0.29) is 10.6 Å². The van der Waals surface area contributed by atoms with Gasteiger partial charge in [0.25, 0.3) is 0 Å². The van der Waals surface area contributed by atoms with Crippen molar-refractivity contribution in [1.29, 1.82) is 0 Å². The van der Waals surface area contributed by atoms with Crippen LogP contribution in [0.15, 0.2) is 0 Å². The monoisotopic (exact) mass is 281 g/mol. The summed E-state index contributed by atoms with van der Waals surface area (Å²) in [5.41, 5.74) is 0.798. The minimum Gasteiger partial charge on any atom is -0.351 e. The van der Waals surface area contributed by atoms with Gasteiger partial charge in [0, 0.05) is 20.1 Å². The highest BCUT2D eigenvalue weighted by atomic mass is 16.6. The molecule has 2 heterocycles. The predicted molar refractivity (Wildman–Crippen MR) is 78.1 cm³/mol. The zero-order valence-corrected chi connectivity index (χ0v) is 12.4. The third kappa shape index (κ3) is 2.77. The van der Waals surface area contributed by atoms with Crippen LogP contribution in [0, 0.1) is 16.0 Å². The van der Waals surface area contributed by atoms with Gasteiger partial charge in [-0.1, -0.05) is 13.3 Å². The van der Waals surface area contributed by atoms with Crippen molar-refractivity contribution in [3.63, 3.8) is 0 Å². The van der Waals surface area contributed by atoms with Gasteiger partial charge >= 0.3 is 5.69 Å². The number of anilines is 1. The molecule has 1 aliphatic rings. The molecule has 0 radical (unpaired) electrons. The molecule has 20 heavy (non-hydrogen) atoms. The zero-order valence-electron chi connectivity index (χ0n) is 12.4. The summed E-state index contributed by atoms with van der Waals surface area (Å²) in [4.78, 5) is 13.2. The van der Waals surface area contributed by atoms with Gasteiger partial charge in [0.05, 0.1) is 4.92 Å². The Morgan fingerprint density at radius 2 is 2.30 bits per heavy atom. The van der Waals surface area contributed by atoms with E-state index in [1.807, 2.05) is 14.0 Å². The molecule has 1 aliphatic heterocycles. The summed E-state index contributed by atoms with van der Waals surface area (Å²) in [5, 5.41) is 18.9. The number of hydrogen-bond acceptors (Lipinski definition) is 5. The van der Waals surface area contributed by atoms with Gasteiger partial charge < -0.3 is 10.2 Å². The van der Waals surface area contributed by atoms with Crippen LogP contribution in [0.3, 0.4) is 0 Å². The SMILES string of the molecule is CCCc1nn(C)c(N2CCC(CNC)C2)c1[N+](=O)[O-]. The van der Waals surface area contributed by atoms with Crippen molar-refractivity contribution in [3.05, 3.63) is 15.8 Å². The Hall–Kier alpha value is -1.63. The van der Waals surface area contributed by atoms with E-state index in [1.165, 1.54) is 0 Å². The Morgan fingerprint density at radius 3 is 2.90 bits per heavy atom. The second-order valence-corrected chi connectivity index (χ2v) is 5.41. The van der Waals surface area contributed by atoms with Crippen molar-refractivity contribution in [2.45, 2.75) is 26.2 Å². The van der Waals surface area contributed by atoms with E-state index >= 15 is 0 Å². The van der Waals surface area contributed by atoms with Crippen LogP contribution >= 0.6 is 0 Å². The van der Waals surface area contributed by atoms with E-state index in [0.717, 1.165) is 32.5 Å². The van der Waals surface area contributed by atoms with E-state index in [0.29, 0.717) is 23.9 Å². The first-order chi connectivity index (χ1) is 9.58. The van der Waals surface area contributed by atoms with E-state index in [4.69, 9.17) is 0 Å². The van der Waals surface area contributed by atoms with Crippen LogP contribution in [0.4, 0.5) is 11.5 Å². The highest BCUT2D eigenvalue weighted by molar-refractivity contribution is 5.62. The van der Waals surface area contributed by atoms with Gasteiger partial charge in [0.2, 0.25) is 5.82 Å². The molecule has 0 bridgehead atoms. The van der Waals surface area contributed by atoms with Crippen LogP contribution in [0.1, 0.15) is 25.5 Å². The standard InChI is InChI=1S/C13H23N5O2/c1-4-5-11-12(18(19)20)13(16(3)15-11)17-7-6-10(9-17)8-14-2/h10,14H,4-9H2,1-3H3. The minimum absolute atomic E-state index is 0.194. The molecule has 1 atom stereocenters. The maximum Gasteiger partial charge on any atom is 0.334 e. The molecule has 7 nitrogen and oxygen atoms in total. The fraction of sp³-hybridized carbons (Fsp3) is 0.769. The van der Waals surface area contributed by atoms with Crippen molar-refractivity contribution < 1.29 is 4.92 Å². The van der Waals surface area contributed by atoms with Gasteiger partial charge in [-0.25, -0.2) is 4.68 Å². The average Bonchev–Trinajstić information content (AvgIpc) is 2.94. The fourth-order valence-corrected chi connectivity index (χ4v) is 2.99. The summed E-state index contributed by atoms with van der Waals surface area (Å²) in [6, 6.07) is 0. The van der Waals surface area contributed by atoms with E-state index in [9.17, 15) is 10.1 Å². The number of nitrogens with zero attached hydrogens (tertiary/aromatic N) is 4. The number of aryl methyl sites for hydroxylation is 2. The van der Waals surface area contributed by atoms with Crippen LogP contribution in [-0.2, 0) is 13.5 Å². The summed E-state index contributed by atoms with van der Waals surface area (Å²) in [6.45, 7) is 4.67. The first kappa shape index (κ1) is 14.8. The van der Waals surface area contributed by atoms with Crippen molar-refractivity contribution >= 4 is 11.5 Å². The molecule has 2 rings (SSSR count). The van der Waals surface area contributed by atoms with Crippen molar-refractivity contribution in [2.75, 3.05) is 31.6 Å². The highest BCUT2D eigenvalue weighted by Crippen LogP contribution is 2.35. The summed E-state index contributed by atoms with van der Waals surface area (Å²) in [6.07, 6.45) is 2.57. The molecule has 1 fully saturated rings. The van der Waals surface area contributed by atoms with Crippen LogP contribution in [0.2, 0.25) is 0 Å². The molecule has 0 aliphatic carbocycles. The second-order valence-electron chi connectivity index (χ2n) is 5.41. The maximum atomic E-state index is 11.4. The molecule has 1 aromatic heterocycles. The Balaban J connectivity index is 2.29. The smallest absolute Gasteiger partial charge is 0.334 e. The van der Waals surface area contributed by atoms with E-state index in [2.05, 4.69) is 15.3 Å². The zero-order chi connectivity index (χ0) is 14.7. The van der Waals surface area contributed by atoms with Gasteiger partial charge in [-0.2, -0.15) is 5.10 Å². The van der Waals surface area contributed by atoms with Crippen molar-refractivity contribution in [3.8, 4) is 0 Å². The van der Waals surface area contributed by atoms with Gasteiger partial charge in [-0.15, -0.1) is 0 Å². The Bertz CT molecular complexity index is 485. The van der Waals surface area contributed by atoms with E-state index < -0.39 is 0 Å². The largest absolute Gasteiger partial charge is 0.351 e. The topological polar surface area (TPSA) is 76.2 Å². The number of nitrogens with one attached hydrogen (secondary N) is 1. The van der Waals surface area contributed by atoms with Gasteiger partial charge in [0.15, 0.2) is 0 Å². The molecule has 0 amide bonds. The summed E-state index contributed by atoms with van der Waals surface area (Å²) in [7, 11) is 3.74. The lowest BCUT2D eigenvalue weighted by Crippen LogP contribution is -2.26. The first-order valence-corrected chi connectivity index (χ1v) is 7.18. The van der Waals surface area contributed by atoms with Crippen LogP contribution in [-0.4, -0.2) is 41.4 Å². The number of nitro groups is 1. The molecule has 0 aromatic carbocycles. The number of hydrogen-bond donors (Lipinski definition) is 1. The van der Waals surface area contributed by atoms with Crippen LogP contribution in [0.5, 0.6) is 0 Å². The Morgan fingerprint density at radius 1 is 1.55 bits per heavy atom. The lowest BCUT2D eigenvalue weighted by atomic mass is 10.1. The second kappa shape index (κ2) is 6.21. The molecule has 1 unspecified atom stereocenters. The molecular formula is C13H23N5O2. The predicted octanol–water partition coefficient (Wildman–Crippen LogP) is 1.33. The van der Waals surface area contributed by atoms with Crippen LogP contribution < -0.4 is 10.2 Å². The lowest BCUT2D eigenvalue weighted by Gasteiger charge is -2.17. The van der Waals surface area contributed by atoms with Gasteiger partial charge in [-0.05, 0) is 32.4 Å². The third-order valence-electron chi connectivity index (χ3n) is 3.81. The van der Waals surface area contributed by atoms with Gasteiger partial charge in [0.1, 0.15) is 5.69 Å². The highest BCUT2D eigenvalue weighted by Gasteiger charge is 2.33. The lowest BCUT2D eigenvalue weighted by molar-refractivity contribution is -0.384. The summed E-state index contributed by atoms with van der Waals surface area (Å²) in [5.74, 6) is 1.21. The molecule has 0 spiro atoms. The number of aromatic nitrogens is 2. The fourth-order valence-electron chi connectivity index (χ4n) is 2.99. The normalized spacial score (nSPS) is 18.8. The van der Waals surface area contributed by atoms with Crippen LogP contribution in [0.25, 0.3) is 0 Å². The summed E-state index contributed by atoms with van der Waals surface area (Å²) < 4.78 is 1.67. The first-order valence-electron chi connectivity index (χ1n) is 7.18. The quantitative estimate of drug-likeness (QED) is 0.629. The average molecular weight is 281 g/mol.